The van der Waals surface area contributed by atoms with Crippen molar-refractivity contribution in [3.8, 4) is 0 Å². The van der Waals surface area contributed by atoms with Crippen LogP contribution in [0.4, 0.5) is 0 Å². The van der Waals surface area contributed by atoms with Crippen molar-refractivity contribution >= 4 is 35.3 Å². The number of aromatic nitrogens is 2. The van der Waals surface area contributed by atoms with Gasteiger partial charge in [0, 0.05) is 25.0 Å². The van der Waals surface area contributed by atoms with Gasteiger partial charge in [-0.15, -0.1) is 0 Å². The summed E-state index contributed by atoms with van der Waals surface area (Å²) in [6.07, 6.45) is 14.4. The predicted octanol–water partition coefficient (Wildman–Crippen LogP) is 4.89. The van der Waals surface area contributed by atoms with Gasteiger partial charge in [0.2, 0.25) is 23.5 Å². The Bertz CT molecular complexity index is 1230. The molecule has 0 spiro atoms. The van der Waals surface area contributed by atoms with Crippen molar-refractivity contribution in [3.63, 3.8) is 0 Å². The van der Waals surface area contributed by atoms with Gasteiger partial charge in [0.05, 0.1) is 18.8 Å². The van der Waals surface area contributed by atoms with Gasteiger partial charge >= 0.3 is 0 Å². The second-order valence-corrected chi connectivity index (χ2v) is 14.2. The normalized spacial score (nSPS) is 17.7. The molecule has 2 heterocycles. The molecule has 5 amide bonds. The van der Waals surface area contributed by atoms with E-state index in [1.54, 1.807) is 0 Å². The third-order valence-corrected chi connectivity index (χ3v) is 8.39. The van der Waals surface area contributed by atoms with E-state index in [1.165, 1.54) is 29.9 Å². The van der Waals surface area contributed by atoms with E-state index >= 15 is 0 Å². The maximum atomic E-state index is 13.3. The van der Waals surface area contributed by atoms with Crippen LogP contribution < -0.4 is 21.3 Å². The number of hydrogen-bond donors (Lipinski definition) is 4. The summed E-state index contributed by atoms with van der Waals surface area (Å²) in [7, 11) is 0. The summed E-state index contributed by atoms with van der Waals surface area (Å²) in [6.45, 7) is 16.7. The molecule has 3 aliphatic rings. The van der Waals surface area contributed by atoms with Crippen molar-refractivity contribution in [2.75, 3.05) is 13.1 Å². The SMILES string of the molecule is CC.CC(C)C.CCC.CCCCC(NC(=O)C1CCCN1C(=O)CNC(=O)C(NC(=O)c1cnccn1)C1CCCCC1)C(=O)C(=O)NC1CC1. The maximum absolute atomic E-state index is 13.3. The Hall–Kier alpha value is -3.90. The van der Waals surface area contributed by atoms with Crippen LogP contribution in [-0.2, 0) is 24.0 Å². The largest absolute Gasteiger partial charge is 0.347 e. The summed E-state index contributed by atoms with van der Waals surface area (Å²) in [5.74, 6) is -2.51. The lowest BCUT2D eigenvalue weighted by Gasteiger charge is -2.30. The van der Waals surface area contributed by atoms with E-state index in [1.807, 2.05) is 20.8 Å². The van der Waals surface area contributed by atoms with E-state index in [0.717, 1.165) is 57.3 Å². The van der Waals surface area contributed by atoms with Crippen LogP contribution in [0.2, 0.25) is 0 Å². The highest BCUT2D eigenvalue weighted by Gasteiger charge is 2.38. The Labute approximate surface area is 312 Å². The van der Waals surface area contributed by atoms with E-state index in [9.17, 15) is 28.8 Å². The van der Waals surface area contributed by atoms with Crippen LogP contribution in [0.15, 0.2) is 18.6 Å². The average Bonchev–Trinajstić information content (AvgIpc) is 3.82. The number of carbonyl (C=O) groups excluding carboxylic acids is 6. The molecule has 13 nitrogen and oxygen atoms in total. The third kappa shape index (κ3) is 17.1. The number of amides is 5. The van der Waals surface area contributed by atoms with Gasteiger partial charge in [0.1, 0.15) is 17.8 Å². The van der Waals surface area contributed by atoms with Gasteiger partial charge in [-0.3, -0.25) is 33.8 Å². The summed E-state index contributed by atoms with van der Waals surface area (Å²) in [4.78, 5) is 87.2. The molecule has 3 unspecified atom stereocenters. The van der Waals surface area contributed by atoms with Gasteiger partial charge in [-0.25, -0.2) is 4.98 Å². The fourth-order valence-electron chi connectivity index (χ4n) is 5.80. The maximum Gasteiger partial charge on any atom is 0.289 e. The Morgan fingerprint density at radius 1 is 0.865 bits per heavy atom. The Balaban J connectivity index is 0.00000136. The fourth-order valence-corrected chi connectivity index (χ4v) is 5.80. The molecule has 2 saturated carbocycles. The van der Waals surface area contributed by atoms with Crippen molar-refractivity contribution in [1.82, 2.24) is 36.1 Å². The lowest BCUT2D eigenvalue weighted by Crippen LogP contribution is -2.56. The van der Waals surface area contributed by atoms with E-state index in [0.29, 0.717) is 32.2 Å². The van der Waals surface area contributed by atoms with E-state index in [-0.39, 0.29) is 24.2 Å². The smallest absolute Gasteiger partial charge is 0.289 e. The highest BCUT2D eigenvalue weighted by molar-refractivity contribution is 6.38. The fraction of sp³-hybridized carbons (Fsp3) is 0.744. The summed E-state index contributed by atoms with van der Waals surface area (Å²) in [5, 5.41) is 10.9. The zero-order valence-electron chi connectivity index (χ0n) is 33.1. The van der Waals surface area contributed by atoms with Crippen molar-refractivity contribution < 1.29 is 28.8 Å². The van der Waals surface area contributed by atoms with Crippen LogP contribution in [0.25, 0.3) is 0 Å². The van der Waals surface area contributed by atoms with Crippen LogP contribution in [-0.4, -0.2) is 87.4 Å². The molecule has 294 valence electrons. The first-order valence-electron chi connectivity index (χ1n) is 19.7. The summed E-state index contributed by atoms with van der Waals surface area (Å²) < 4.78 is 0. The van der Waals surface area contributed by atoms with Crippen LogP contribution in [0.5, 0.6) is 0 Å². The second-order valence-electron chi connectivity index (χ2n) is 14.2. The number of ketones is 1. The number of nitrogens with one attached hydrogen (secondary N) is 4. The highest BCUT2D eigenvalue weighted by Crippen LogP contribution is 2.27. The van der Waals surface area contributed by atoms with Gasteiger partial charge < -0.3 is 26.2 Å². The molecule has 4 N–H and O–H groups in total. The number of carbonyl (C=O) groups is 6. The van der Waals surface area contributed by atoms with Gasteiger partial charge in [-0.05, 0) is 56.8 Å². The zero-order valence-corrected chi connectivity index (χ0v) is 33.1. The van der Waals surface area contributed by atoms with Gasteiger partial charge in [-0.1, -0.05) is 93.9 Å². The van der Waals surface area contributed by atoms with Crippen LogP contribution >= 0.6 is 0 Å². The molecule has 2 aliphatic carbocycles. The minimum Gasteiger partial charge on any atom is -0.347 e. The number of nitrogens with zero attached hydrogens (tertiary/aromatic N) is 3. The molecule has 1 aliphatic heterocycles. The van der Waals surface area contributed by atoms with Crippen LogP contribution in [0.1, 0.15) is 149 Å². The Morgan fingerprint density at radius 3 is 2.06 bits per heavy atom. The molecule has 0 aromatic carbocycles. The topological polar surface area (TPSA) is 180 Å². The first-order chi connectivity index (χ1) is 24.9. The van der Waals surface area contributed by atoms with Crippen LogP contribution in [0.3, 0.4) is 0 Å². The first kappa shape index (κ1) is 46.1. The van der Waals surface area contributed by atoms with Crippen molar-refractivity contribution in [3.05, 3.63) is 24.3 Å². The van der Waals surface area contributed by atoms with Crippen LogP contribution in [0, 0.1) is 11.8 Å². The molecular weight excluding hydrogens is 662 g/mol. The minimum absolute atomic E-state index is 0.0233. The van der Waals surface area contributed by atoms with Gasteiger partial charge in [0.15, 0.2) is 0 Å². The van der Waals surface area contributed by atoms with Gasteiger partial charge in [-0.2, -0.15) is 0 Å². The molecule has 4 rings (SSSR count). The lowest BCUT2D eigenvalue weighted by atomic mass is 9.83. The van der Waals surface area contributed by atoms with Gasteiger partial charge in [0.25, 0.3) is 11.8 Å². The third-order valence-electron chi connectivity index (χ3n) is 8.39. The molecule has 0 radical (unpaired) electrons. The van der Waals surface area contributed by atoms with E-state index in [4.69, 9.17) is 0 Å². The summed E-state index contributed by atoms with van der Waals surface area (Å²) in [5.41, 5.74) is 0.0962. The minimum atomic E-state index is -0.961. The zero-order chi connectivity index (χ0) is 39.1. The van der Waals surface area contributed by atoms with E-state index in [2.05, 4.69) is 65.9 Å². The molecule has 1 saturated heterocycles. The number of unbranched alkanes of at least 4 members (excludes halogenated alkanes) is 1. The predicted molar refractivity (Wildman–Crippen MR) is 203 cm³/mol. The Kier molecular flexibility index (Phi) is 23.0. The van der Waals surface area contributed by atoms with Crippen molar-refractivity contribution in [2.45, 2.75) is 163 Å². The molecule has 1 aromatic heterocycles. The molecule has 3 atom stereocenters. The second kappa shape index (κ2) is 26.0. The Morgan fingerprint density at radius 2 is 1.50 bits per heavy atom. The number of likely N-dealkylation sites (tertiary alicyclic amines) is 1. The molecule has 3 fully saturated rings. The molecule has 13 heteroatoms. The van der Waals surface area contributed by atoms with Crippen molar-refractivity contribution in [2.24, 2.45) is 11.8 Å². The molecular formula is C39H67N7O6. The molecule has 0 bridgehead atoms. The highest BCUT2D eigenvalue weighted by atomic mass is 16.2. The summed E-state index contributed by atoms with van der Waals surface area (Å²) in [6, 6.07) is -2.58. The molecule has 52 heavy (non-hydrogen) atoms. The lowest BCUT2D eigenvalue weighted by molar-refractivity contribution is -0.142. The van der Waals surface area contributed by atoms with E-state index < -0.39 is 53.4 Å². The monoisotopic (exact) mass is 730 g/mol. The summed E-state index contributed by atoms with van der Waals surface area (Å²) >= 11 is 0. The number of Topliss-reactive ketones (excluding diaryl/α,β-unsaturated/α-hetero) is 1. The molecule has 1 aromatic rings. The number of rotatable bonds is 14. The number of hydrogen-bond acceptors (Lipinski definition) is 8. The average molecular weight is 730 g/mol. The standard InChI is InChI=1S/C30H43N7O6.C4H10.C3H8.C2H6/c1-2-3-10-21(26(39)30(43)34-20-12-13-20)35-28(41)23-11-7-16-37(23)24(38)18-33-29(42)25(19-8-5-4-6-9-19)36-27(40)22-17-31-14-15-32-22;1-4(2)3;1-3-2;1-2/h14-15,17,19-21,23,25H,2-13,16,18H2,1H3,(H,33,42)(H,34,43)(H,35,41)(H,36,40);4H,1-3H3;3H2,1-2H3;1-2H3. The first-order valence-corrected chi connectivity index (χ1v) is 19.7. The van der Waals surface area contributed by atoms with Crippen molar-refractivity contribution in [1.29, 1.82) is 0 Å². The quantitative estimate of drug-likeness (QED) is 0.196.